The van der Waals surface area contributed by atoms with E-state index in [-0.39, 0.29) is 0 Å². The molecule has 0 unspecified atom stereocenters. The van der Waals surface area contributed by atoms with Gasteiger partial charge >= 0.3 is 7.12 Å². The first kappa shape index (κ1) is 25.3. The number of para-hydroxylation sites is 1. The van der Waals surface area contributed by atoms with E-state index in [9.17, 15) is 0 Å². The van der Waals surface area contributed by atoms with E-state index < -0.39 is 18.3 Å². The minimum atomic E-state index is -0.460. The molecule has 8 rings (SSSR count). The standard InChI is InChI=1S/C38H32BNO2/c1-37(2)38(3,4)42-39(41-37)33-24-35-36(31-19-11-10-18-30(31)33)32-22-21-26(23-34(32)40(35)27-15-6-5-7-16-27)29-20-12-14-25-13-8-9-17-28(25)29/h5-24H,1-4H3. The Labute approximate surface area is 246 Å². The molecule has 204 valence electrons. The van der Waals surface area contributed by atoms with Gasteiger partial charge in [0.05, 0.1) is 22.2 Å². The van der Waals surface area contributed by atoms with Crippen LogP contribution in [0, 0.1) is 0 Å². The molecule has 0 saturated carbocycles. The van der Waals surface area contributed by atoms with Crippen LogP contribution in [0.4, 0.5) is 0 Å². The molecule has 0 radical (unpaired) electrons. The highest BCUT2D eigenvalue weighted by molar-refractivity contribution is 6.66. The summed E-state index contributed by atoms with van der Waals surface area (Å²) in [6.45, 7) is 8.46. The quantitative estimate of drug-likeness (QED) is 0.207. The first-order chi connectivity index (χ1) is 20.3. The lowest BCUT2D eigenvalue weighted by molar-refractivity contribution is 0.00578. The fourth-order valence-corrected chi connectivity index (χ4v) is 6.57. The predicted octanol–water partition coefficient (Wildman–Crippen LogP) is 9.06. The summed E-state index contributed by atoms with van der Waals surface area (Å²) in [6, 6.07) is 43.7. The molecule has 0 spiro atoms. The molecule has 7 aromatic rings. The van der Waals surface area contributed by atoms with Crippen molar-refractivity contribution in [1.82, 2.24) is 4.57 Å². The Morgan fingerprint density at radius 2 is 1.19 bits per heavy atom. The average molecular weight is 545 g/mol. The van der Waals surface area contributed by atoms with Crippen LogP contribution in [0.1, 0.15) is 27.7 Å². The minimum absolute atomic E-state index is 0.423. The van der Waals surface area contributed by atoms with Crippen molar-refractivity contribution in [3.05, 3.63) is 121 Å². The number of nitrogens with zero attached hydrogens (tertiary/aromatic N) is 1. The lowest BCUT2D eigenvalue weighted by atomic mass is 9.75. The summed E-state index contributed by atoms with van der Waals surface area (Å²) in [5.41, 5.74) is 6.11. The summed E-state index contributed by atoms with van der Waals surface area (Å²) in [6.07, 6.45) is 0. The summed E-state index contributed by atoms with van der Waals surface area (Å²) in [5, 5.41) is 7.35. The monoisotopic (exact) mass is 545 g/mol. The molecule has 0 atom stereocenters. The molecule has 1 aromatic heterocycles. The van der Waals surface area contributed by atoms with E-state index in [2.05, 4.69) is 154 Å². The zero-order chi connectivity index (χ0) is 28.6. The molecule has 3 nitrogen and oxygen atoms in total. The molecule has 1 aliphatic rings. The first-order valence-corrected chi connectivity index (χ1v) is 14.7. The van der Waals surface area contributed by atoms with Gasteiger partial charge in [-0.15, -0.1) is 0 Å². The number of benzene rings is 6. The molecule has 1 aliphatic heterocycles. The fraction of sp³-hybridized carbons (Fsp3) is 0.158. The highest BCUT2D eigenvalue weighted by Gasteiger charge is 2.52. The molecule has 42 heavy (non-hydrogen) atoms. The molecule has 0 aliphatic carbocycles. The smallest absolute Gasteiger partial charge is 0.399 e. The third kappa shape index (κ3) is 3.69. The first-order valence-electron chi connectivity index (χ1n) is 14.7. The van der Waals surface area contributed by atoms with Crippen LogP contribution in [0.5, 0.6) is 0 Å². The van der Waals surface area contributed by atoms with Crippen LogP contribution in [-0.2, 0) is 9.31 Å². The normalized spacial score (nSPS) is 16.2. The third-order valence-corrected chi connectivity index (χ3v) is 9.43. The van der Waals surface area contributed by atoms with E-state index >= 15 is 0 Å². The number of hydrogen-bond acceptors (Lipinski definition) is 2. The summed E-state index contributed by atoms with van der Waals surface area (Å²) in [7, 11) is -0.460. The number of aromatic nitrogens is 1. The SMILES string of the molecule is CC1(C)OB(c2cc3c(c4ccccc24)c2ccc(-c4cccc5ccccc45)cc2n3-c2ccccc2)OC1(C)C. The molecule has 2 heterocycles. The molecule has 1 fully saturated rings. The molecule has 1 saturated heterocycles. The molecular formula is C38H32BNO2. The van der Waals surface area contributed by atoms with Crippen molar-refractivity contribution in [3.8, 4) is 16.8 Å². The Hall–Kier alpha value is -4.38. The van der Waals surface area contributed by atoms with E-state index in [4.69, 9.17) is 9.31 Å². The number of rotatable bonds is 3. The van der Waals surface area contributed by atoms with Crippen molar-refractivity contribution >= 4 is 55.9 Å². The van der Waals surface area contributed by atoms with Crippen LogP contribution < -0.4 is 5.46 Å². The zero-order valence-electron chi connectivity index (χ0n) is 24.4. The van der Waals surface area contributed by atoms with Gasteiger partial charge in [0.15, 0.2) is 0 Å². The van der Waals surface area contributed by atoms with Crippen LogP contribution in [-0.4, -0.2) is 22.9 Å². The summed E-state index contributed by atoms with van der Waals surface area (Å²) in [4.78, 5) is 0. The number of hydrogen-bond donors (Lipinski definition) is 0. The van der Waals surface area contributed by atoms with Crippen molar-refractivity contribution in [2.75, 3.05) is 0 Å². The van der Waals surface area contributed by atoms with Crippen molar-refractivity contribution in [1.29, 1.82) is 0 Å². The Kier molecular flexibility index (Phi) is 5.47. The number of fused-ring (bicyclic) bond motifs is 6. The van der Waals surface area contributed by atoms with E-state index in [1.165, 1.54) is 43.6 Å². The average Bonchev–Trinajstić information content (AvgIpc) is 3.45. The predicted molar refractivity (Wildman–Crippen MR) is 177 cm³/mol. The lowest BCUT2D eigenvalue weighted by Crippen LogP contribution is -2.41. The minimum Gasteiger partial charge on any atom is -0.399 e. The summed E-state index contributed by atoms with van der Waals surface area (Å²) >= 11 is 0. The third-order valence-electron chi connectivity index (χ3n) is 9.43. The lowest BCUT2D eigenvalue weighted by Gasteiger charge is -2.32. The molecular weight excluding hydrogens is 513 g/mol. The highest BCUT2D eigenvalue weighted by Crippen LogP contribution is 2.41. The summed E-state index contributed by atoms with van der Waals surface area (Å²) in [5.74, 6) is 0. The van der Waals surface area contributed by atoms with Gasteiger partial charge < -0.3 is 13.9 Å². The maximum Gasteiger partial charge on any atom is 0.495 e. The van der Waals surface area contributed by atoms with Gasteiger partial charge in [-0.2, -0.15) is 0 Å². The van der Waals surface area contributed by atoms with Gasteiger partial charge in [-0.25, -0.2) is 0 Å². The zero-order valence-corrected chi connectivity index (χ0v) is 24.4. The Morgan fingerprint density at radius 3 is 1.95 bits per heavy atom. The Balaban J connectivity index is 1.47. The maximum absolute atomic E-state index is 6.61. The van der Waals surface area contributed by atoms with Gasteiger partial charge in [-0.3, -0.25) is 0 Å². The second kappa shape index (κ2) is 9.06. The summed E-state index contributed by atoms with van der Waals surface area (Å²) < 4.78 is 15.6. The van der Waals surface area contributed by atoms with E-state index in [1.807, 2.05) is 0 Å². The molecule has 0 N–H and O–H groups in total. The molecule has 0 amide bonds. The van der Waals surface area contributed by atoms with Crippen LogP contribution in [0.3, 0.4) is 0 Å². The van der Waals surface area contributed by atoms with Gasteiger partial charge in [0.1, 0.15) is 0 Å². The van der Waals surface area contributed by atoms with Crippen molar-refractivity contribution in [2.24, 2.45) is 0 Å². The van der Waals surface area contributed by atoms with E-state index in [1.54, 1.807) is 0 Å². The van der Waals surface area contributed by atoms with Gasteiger partial charge in [0, 0.05) is 16.5 Å². The van der Waals surface area contributed by atoms with Crippen LogP contribution in [0.25, 0.3) is 60.2 Å². The van der Waals surface area contributed by atoms with E-state index in [0.717, 1.165) is 22.1 Å². The molecule has 6 aromatic carbocycles. The van der Waals surface area contributed by atoms with Crippen molar-refractivity contribution < 1.29 is 9.31 Å². The van der Waals surface area contributed by atoms with Gasteiger partial charge in [-0.1, -0.05) is 97.1 Å². The Bertz CT molecular complexity index is 2140. The molecule has 0 bridgehead atoms. The second-order valence-electron chi connectivity index (χ2n) is 12.4. The van der Waals surface area contributed by atoms with Gasteiger partial charge in [0.2, 0.25) is 0 Å². The maximum atomic E-state index is 6.61. The van der Waals surface area contributed by atoms with Gasteiger partial charge in [0.25, 0.3) is 0 Å². The highest BCUT2D eigenvalue weighted by atomic mass is 16.7. The Morgan fingerprint density at radius 1 is 0.548 bits per heavy atom. The van der Waals surface area contributed by atoms with Crippen molar-refractivity contribution in [3.63, 3.8) is 0 Å². The van der Waals surface area contributed by atoms with Crippen molar-refractivity contribution in [2.45, 2.75) is 38.9 Å². The fourth-order valence-electron chi connectivity index (χ4n) is 6.57. The van der Waals surface area contributed by atoms with Crippen LogP contribution >= 0.6 is 0 Å². The molecule has 4 heteroatoms. The largest absolute Gasteiger partial charge is 0.495 e. The van der Waals surface area contributed by atoms with Crippen LogP contribution in [0.2, 0.25) is 0 Å². The second-order valence-corrected chi connectivity index (χ2v) is 12.4. The topological polar surface area (TPSA) is 23.4 Å². The van der Waals surface area contributed by atoms with E-state index in [0.29, 0.717) is 0 Å². The van der Waals surface area contributed by atoms with Crippen LogP contribution in [0.15, 0.2) is 121 Å². The van der Waals surface area contributed by atoms with Gasteiger partial charge in [-0.05, 0) is 90.1 Å².